The minimum absolute atomic E-state index is 0.0715. The van der Waals surface area contributed by atoms with Crippen LogP contribution in [0, 0.1) is 23.2 Å². The Morgan fingerprint density at radius 2 is 1.53 bits per heavy atom. The molecule has 8 heteroatoms. The van der Waals surface area contributed by atoms with Crippen LogP contribution < -0.4 is 0 Å². The molecule has 2 aliphatic carbocycles. The van der Waals surface area contributed by atoms with Gasteiger partial charge in [0.25, 0.3) is 0 Å². The maximum absolute atomic E-state index is 12.2. The summed E-state index contributed by atoms with van der Waals surface area (Å²) < 4.78 is 22.9. The van der Waals surface area contributed by atoms with Gasteiger partial charge in [-0.05, 0) is 45.1 Å². The molecule has 8 nitrogen and oxygen atoms in total. The molecule has 202 valence electrons. The molecular weight excluding hydrogens is 464 g/mol. The van der Waals surface area contributed by atoms with Crippen LogP contribution in [0.5, 0.6) is 0 Å². The fraction of sp³-hybridized carbons (Fsp3) is 0.714. The van der Waals surface area contributed by atoms with Crippen molar-refractivity contribution in [3.05, 3.63) is 23.8 Å². The Bertz CT molecular complexity index is 917. The highest BCUT2D eigenvalue weighted by atomic mass is 16.6. The third kappa shape index (κ3) is 7.43. The van der Waals surface area contributed by atoms with Crippen LogP contribution in [-0.2, 0) is 38.1 Å². The second-order valence-electron chi connectivity index (χ2n) is 11.1. The van der Waals surface area contributed by atoms with E-state index in [1.165, 1.54) is 27.7 Å². The maximum Gasteiger partial charge on any atom is 0.303 e. The Labute approximate surface area is 214 Å². The van der Waals surface area contributed by atoms with Crippen LogP contribution in [0.2, 0.25) is 0 Å². The molecule has 0 aromatic heterocycles. The summed E-state index contributed by atoms with van der Waals surface area (Å²) in [5.74, 6) is -2.21. The van der Waals surface area contributed by atoms with E-state index >= 15 is 0 Å². The largest absolute Gasteiger partial charge is 0.462 e. The number of hydrogen-bond donors (Lipinski definition) is 0. The molecule has 7 atom stereocenters. The summed E-state index contributed by atoms with van der Waals surface area (Å²) >= 11 is 0. The van der Waals surface area contributed by atoms with E-state index in [0.29, 0.717) is 6.42 Å². The van der Waals surface area contributed by atoms with E-state index < -0.39 is 47.2 Å². The summed E-state index contributed by atoms with van der Waals surface area (Å²) in [6.45, 7) is 15.2. The average Bonchev–Trinajstić information content (AvgIpc) is 3.05. The maximum atomic E-state index is 12.2. The summed E-state index contributed by atoms with van der Waals surface area (Å²) in [6.07, 6.45) is 5.80. The van der Waals surface area contributed by atoms with Gasteiger partial charge in [-0.25, -0.2) is 0 Å². The molecule has 0 aromatic carbocycles. The van der Waals surface area contributed by atoms with E-state index in [4.69, 9.17) is 18.9 Å². The second kappa shape index (κ2) is 11.6. The number of ether oxygens (including phenoxy) is 4. The van der Waals surface area contributed by atoms with Crippen LogP contribution in [0.25, 0.3) is 0 Å². The van der Waals surface area contributed by atoms with E-state index in [9.17, 15) is 19.2 Å². The van der Waals surface area contributed by atoms with Crippen molar-refractivity contribution < 1.29 is 38.1 Å². The first-order chi connectivity index (χ1) is 16.6. The quantitative estimate of drug-likeness (QED) is 0.300. The van der Waals surface area contributed by atoms with Crippen LogP contribution >= 0.6 is 0 Å². The lowest BCUT2D eigenvalue weighted by molar-refractivity contribution is -0.168. The van der Waals surface area contributed by atoms with Gasteiger partial charge in [0.1, 0.15) is 17.8 Å². The molecule has 0 aromatic rings. The summed E-state index contributed by atoms with van der Waals surface area (Å²) in [5, 5.41) is 0. The lowest BCUT2D eigenvalue weighted by Gasteiger charge is -2.42. The molecule has 0 spiro atoms. The third-order valence-electron chi connectivity index (χ3n) is 7.41. The Kier molecular flexibility index (Phi) is 9.54. The van der Waals surface area contributed by atoms with Gasteiger partial charge in [-0.15, -0.1) is 0 Å². The van der Waals surface area contributed by atoms with Gasteiger partial charge in [0, 0.05) is 51.9 Å². The first-order valence-electron chi connectivity index (χ1n) is 12.6. The van der Waals surface area contributed by atoms with Crippen molar-refractivity contribution in [1.82, 2.24) is 0 Å². The van der Waals surface area contributed by atoms with Crippen LogP contribution in [0.4, 0.5) is 0 Å². The highest BCUT2D eigenvalue weighted by Gasteiger charge is 2.54. The molecule has 0 amide bonds. The predicted molar refractivity (Wildman–Crippen MR) is 134 cm³/mol. The van der Waals surface area contributed by atoms with Crippen molar-refractivity contribution in [3.8, 4) is 0 Å². The number of rotatable bonds is 5. The van der Waals surface area contributed by atoms with Gasteiger partial charge in [0.05, 0.1) is 0 Å². The summed E-state index contributed by atoms with van der Waals surface area (Å²) in [4.78, 5) is 48.0. The van der Waals surface area contributed by atoms with Crippen molar-refractivity contribution in [2.45, 2.75) is 105 Å². The molecule has 0 unspecified atom stereocenters. The molecule has 0 radical (unpaired) electrons. The van der Waals surface area contributed by atoms with E-state index in [1.807, 2.05) is 33.8 Å². The highest BCUT2D eigenvalue weighted by Crippen LogP contribution is 2.55. The Balaban J connectivity index is 2.67. The molecule has 2 rings (SSSR count). The summed E-state index contributed by atoms with van der Waals surface area (Å²) in [7, 11) is 0. The molecule has 0 bridgehead atoms. The molecule has 0 aliphatic heterocycles. The molecule has 1 saturated carbocycles. The van der Waals surface area contributed by atoms with Crippen molar-refractivity contribution in [1.29, 1.82) is 0 Å². The SMILES string of the molecule is CC(=O)O[C@H]1[C@@H](OC(C)=O)/C=C(\C)C[C@H](OC(C)=O)[C@H]2[C@H](C(C)(C)OC(C)=O)CC[C@]2(C)/C=C/[C@@H]1C. The average molecular weight is 507 g/mol. The normalized spacial score (nSPS) is 35.2. The van der Waals surface area contributed by atoms with Crippen molar-refractivity contribution in [2.24, 2.45) is 23.2 Å². The number of carbonyl (C=O) groups excluding carboxylic acids is 4. The monoisotopic (exact) mass is 506 g/mol. The van der Waals surface area contributed by atoms with Gasteiger partial charge >= 0.3 is 23.9 Å². The lowest BCUT2D eigenvalue weighted by atomic mass is 9.68. The fourth-order valence-corrected chi connectivity index (χ4v) is 6.03. The highest BCUT2D eigenvalue weighted by molar-refractivity contribution is 5.68. The number of fused-ring (bicyclic) bond motifs is 1. The van der Waals surface area contributed by atoms with E-state index in [0.717, 1.165) is 18.4 Å². The van der Waals surface area contributed by atoms with Crippen molar-refractivity contribution in [2.75, 3.05) is 0 Å². The molecular formula is C28H42O8. The molecule has 2 aliphatic rings. The fourth-order valence-electron chi connectivity index (χ4n) is 6.03. The number of hydrogen-bond acceptors (Lipinski definition) is 8. The van der Waals surface area contributed by atoms with Gasteiger partial charge in [-0.3, -0.25) is 19.2 Å². The zero-order chi connectivity index (χ0) is 27.4. The topological polar surface area (TPSA) is 105 Å². The lowest BCUT2D eigenvalue weighted by Crippen LogP contribution is -2.46. The Morgan fingerprint density at radius 1 is 0.944 bits per heavy atom. The zero-order valence-corrected chi connectivity index (χ0v) is 23.1. The van der Waals surface area contributed by atoms with Crippen molar-refractivity contribution in [3.63, 3.8) is 0 Å². The van der Waals surface area contributed by atoms with Gasteiger partial charge < -0.3 is 18.9 Å². The van der Waals surface area contributed by atoms with Crippen LogP contribution in [0.3, 0.4) is 0 Å². The van der Waals surface area contributed by atoms with Crippen molar-refractivity contribution >= 4 is 23.9 Å². The summed E-state index contributed by atoms with van der Waals surface area (Å²) in [6, 6.07) is 0. The van der Waals surface area contributed by atoms with Crippen LogP contribution in [-0.4, -0.2) is 47.8 Å². The predicted octanol–water partition coefficient (Wildman–Crippen LogP) is 4.70. The van der Waals surface area contributed by atoms with E-state index in [1.54, 1.807) is 6.08 Å². The Morgan fingerprint density at radius 3 is 2.06 bits per heavy atom. The molecule has 0 heterocycles. The first-order valence-corrected chi connectivity index (χ1v) is 12.6. The summed E-state index contributed by atoms with van der Waals surface area (Å²) in [5.41, 5.74) is -0.333. The second-order valence-corrected chi connectivity index (χ2v) is 11.1. The first kappa shape index (κ1) is 29.6. The number of esters is 4. The molecule has 1 fully saturated rings. The van der Waals surface area contributed by atoms with Gasteiger partial charge in [0.2, 0.25) is 0 Å². The number of allylic oxidation sites excluding steroid dienone is 1. The number of carbonyl (C=O) groups is 4. The van der Waals surface area contributed by atoms with E-state index in [2.05, 4.69) is 13.0 Å². The van der Waals surface area contributed by atoms with Gasteiger partial charge in [-0.2, -0.15) is 0 Å². The van der Waals surface area contributed by atoms with E-state index in [-0.39, 0.29) is 23.7 Å². The minimum atomic E-state index is -0.803. The smallest absolute Gasteiger partial charge is 0.303 e. The van der Waals surface area contributed by atoms with Gasteiger partial charge in [-0.1, -0.05) is 31.6 Å². The Hall–Kier alpha value is -2.64. The standard InChI is InChI=1S/C28H42O8/c1-16-14-23(33-18(3)29)25-22(27(7,8)36-21(6)32)11-13-28(25,9)12-10-17(2)26(35-20(5)31)24(15-16)34-19(4)30/h10,12,15,17,22-26H,11,13-14H2,1-9H3/b12-10+,16-15+/t17-,22+,23-,24-,25+,26+,28-/m0/s1. The molecule has 0 saturated heterocycles. The van der Waals surface area contributed by atoms with Gasteiger partial charge in [0.15, 0.2) is 6.10 Å². The molecule has 36 heavy (non-hydrogen) atoms. The minimum Gasteiger partial charge on any atom is -0.462 e. The zero-order valence-electron chi connectivity index (χ0n) is 23.1. The van der Waals surface area contributed by atoms with Crippen LogP contribution in [0.15, 0.2) is 23.8 Å². The van der Waals surface area contributed by atoms with Crippen LogP contribution in [0.1, 0.15) is 81.6 Å². The molecule has 0 N–H and O–H groups in total. The third-order valence-corrected chi connectivity index (χ3v) is 7.41.